The summed E-state index contributed by atoms with van der Waals surface area (Å²) in [6.45, 7) is 10.5. The third-order valence-corrected chi connectivity index (χ3v) is 4.82. The van der Waals surface area contributed by atoms with E-state index in [1.807, 2.05) is 0 Å². The number of rotatable bonds is 6. The van der Waals surface area contributed by atoms with Crippen LogP contribution in [-0.4, -0.2) is 12.6 Å². The topological polar surface area (TPSA) is 12.0 Å². The van der Waals surface area contributed by atoms with Crippen molar-refractivity contribution in [3.8, 4) is 12.3 Å². The molecule has 110 valence electrons. The minimum absolute atomic E-state index is 0.482. The smallest absolute Gasteiger partial charge is 0.0104 e. The molecule has 1 unspecified atom stereocenters. The van der Waals surface area contributed by atoms with E-state index in [-0.39, 0.29) is 0 Å². The maximum absolute atomic E-state index is 5.44. The number of hydrogen-bond donors (Lipinski definition) is 1. The van der Waals surface area contributed by atoms with E-state index in [1.54, 1.807) is 0 Å². The molecule has 0 heterocycles. The normalized spacial score (nSPS) is 25.8. The summed E-state index contributed by atoms with van der Waals surface area (Å²) in [7, 11) is 0. The molecule has 1 heteroatoms. The third kappa shape index (κ3) is 5.57. The second-order valence-electron chi connectivity index (χ2n) is 7.28. The van der Waals surface area contributed by atoms with E-state index in [2.05, 4.69) is 38.9 Å². The maximum atomic E-state index is 5.44. The highest BCUT2D eigenvalue weighted by atomic mass is 14.9. The van der Waals surface area contributed by atoms with Crippen LogP contribution in [0.15, 0.2) is 0 Å². The van der Waals surface area contributed by atoms with Crippen molar-refractivity contribution in [3.63, 3.8) is 0 Å². The first-order chi connectivity index (χ1) is 8.99. The van der Waals surface area contributed by atoms with E-state index in [4.69, 9.17) is 6.42 Å². The van der Waals surface area contributed by atoms with Gasteiger partial charge in [0.05, 0.1) is 0 Å². The lowest BCUT2D eigenvalue weighted by atomic mass is 9.68. The van der Waals surface area contributed by atoms with Gasteiger partial charge in [0.1, 0.15) is 0 Å². The van der Waals surface area contributed by atoms with Crippen LogP contribution in [0.25, 0.3) is 0 Å². The van der Waals surface area contributed by atoms with Gasteiger partial charge in [0, 0.05) is 12.5 Å². The van der Waals surface area contributed by atoms with Gasteiger partial charge in [0.25, 0.3) is 0 Å². The second kappa shape index (κ2) is 7.95. The van der Waals surface area contributed by atoms with Crippen LogP contribution in [-0.2, 0) is 0 Å². The van der Waals surface area contributed by atoms with Crippen molar-refractivity contribution in [3.05, 3.63) is 0 Å². The molecule has 1 atom stereocenters. The Balaban J connectivity index is 2.46. The minimum Gasteiger partial charge on any atom is -0.314 e. The fourth-order valence-corrected chi connectivity index (χ4v) is 3.46. The molecule has 0 aliphatic heterocycles. The Kier molecular flexibility index (Phi) is 6.94. The zero-order valence-corrected chi connectivity index (χ0v) is 13.5. The Labute approximate surface area is 120 Å². The molecule has 0 aromatic carbocycles. The maximum Gasteiger partial charge on any atom is 0.0104 e. The van der Waals surface area contributed by atoms with Crippen LogP contribution in [0.2, 0.25) is 0 Å². The highest BCUT2D eigenvalue weighted by molar-refractivity contribution is 4.90. The second-order valence-corrected chi connectivity index (χ2v) is 7.28. The summed E-state index contributed by atoms with van der Waals surface area (Å²) in [4.78, 5) is 0. The lowest BCUT2D eigenvalue weighted by molar-refractivity contribution is 0.130. The first-order valence-corrected chi connectivity index (χ1v) is 8.15. The van der Waals surface area contributed by atoms with Gasteiger partial charge in [-0.15, -0.1) is 12.3 Å². The van der Waals surface area contributed by atoms with Crippen molar-refractivity contribution in [2.75, 3.05) is 6.54 Å². The van der Waals surface area contributed by atoms with Gasteiger partial charge in [-0.1, -0.05) is 27.7 Å². The van der Waals surface area contributed by atoms with Gasteiger partial charge in [-0.3, -0.25) is 0 Å². The molecule has 0 spiro atoms. The SMILES string of the molecule is C#CCCC(NCCC)C1CCC(C(C)(C)C)CC1. The molecule has 1 aliphatic rings. The zero-order valence-electron chi connectivity index (χ0n) is 13.5. The number of nitrogens with one attached hydrogen (secondary N) is 1. The van der Waals surface area contributed by atoms with Gasteiger partial charge in [0.2, 0.25) is 0 Å². The molecule has 1 fully saturated rings. The van der Waals surface area contributed by atoms with Gasteiger partial charge in [0.15, 0.2) is 0 Å². The van der Waals surface area contributed by atoms with Crippen LogP contribution >= 0.6 is 0 Å². The summed E-state index contributed by atoms with van der Waals surface area (Å²) in [5.74, 6) is 4.56. The van der Waals surface area contributed by atoms with E-state index in [0.717, 1.165) is 31.2 Å². The summed E-state index contributed by atoms with van der Waals surface area (Å²) >= 11 is 0. The van der Waals surface area contributed by atoms with Gasteiger partial charge >= 0.3 is 0 Å². The summed E-state index contributed by atoms with van der Waals surface area (Å²) in [5.41, 5.74) is 0.482. The number of terminal acetylenes is 1. The van der Waals surface area contributed by atoms with Gasteiger partial charge in [-0.2, -0.15) is 0 Å². The molecule has 0 amide bonds. The van der Waals surface area contributed by atoms with Crippen LogP contribution in [0, 0.1) is 29.6 Å². The van der Waals surface area contributed by atoms with Crippen LogP contribution in [0.3, 0.4) is 0 Å². The van der Waals surface area contributed by atoms with Crippen LogP contribution in [0.1, 0.15) is 72.6 Å². The largest absolute Gasteiger partial charge is 0.314 e. The molecule has 0 saturated heterocycles. The highest BCUT2D eigenvalue weighted by Crippen LogP contribution is 2.41. The Morgan fingerprint density at radius 2 is 1.84 bits per heavy atom. The molecule has 0 aromatic heterocycles. The average molecular weight is 263 g/mol. The highest BCUT2D eigenvalue weighted by Gasteiger charge is 2.32. The van der Waals surface area contributed by atoms with E-state index >= 15 is 0 Å². The molecule has 1 saturated carbocycles. The van der Waals surface area contributed by atoms with Crippen molar-refractivity contribution < 1.29 is 0 Å². The van der Waals surface area contributed by atoms with Gasteiger partial charge in [-0.05, 0) is 62.3 Å². The first kappa shape index (κ1) is 16.6. The average Bonchev–Trinajstić information content (AvgIpc) is 2.38. The molecule has 19 heavy (non-hydrogen) atoms. The van der Waals surface area contributed by atoms with Gasteiger partial charge < -0.3 is 5.32 Å². The summed E-state index contributed by atoms with van der Waals surface area (Å²) in [6.07, 6.45) is 14.3. The molecule has 1 rings (SSSR count). The quantitative estimate of drug-likeness (QED) is 0.689. The van der Waals surface area contributed by atoms with Crippen molar-refractivity contribution >= 4 is 0 Å². The molecular weight excluding hydrogens is 230 g/mol. The molecular formula is C18H33N. The molecule has 1 aliphatic carbocycles. The van der Waals surface area contributed by atoms with Crippen LogP contribution in [0.5, 0.6) is 0 Å². The minimum atomic E-state index is 0.482. The molecule has 0 aromatic rings. The summed E-state index contributed by atoms with van der Waals surface area (Å²) in [5, 5.41) is 3.73. The summed E-state index contributed by atoms with van der Waals surface area (Å²) < 4.78 is 0. The Bertz CT molecular complexity index is 273. The van der Waals surface area contributed by atoms with Crippen molar-refractivity contribution in [1.29, 1.82) is 0 Å². The fraction of sp³-hybridized carbons (Fsp3) is 0.889. The van der Waals surface area contributed by atoms with E-state index in [1.165, 1.54) is 32.1 Å². The van der Waals surface area contributed by atoms with E-state index in [9.17, 15) is 0 Å². The number of hydrogen-bond acceptors (Lipinski definition) is 1. The fourth-order valence-electron chi connectivity index (χ4n) is 3.46. The van der Waals surface area contributed by atoms with Crippen LogP contribution in [0.4, 0.5) is 0 Å². The Morgan fingerprint density at radius 1 is 1.21 bits per heavy atom. The van der Waals surface area contributed by atoms with E-state index < -0.39 is 0 Å². The van der Waals surface area contributed by atoms with Crippen molar-refractivity contribution in [2.24, 2.45) is 17.3 Å². The van der Waals surface area contributed by atoms with Crippen molar-refractivity contribution in [2.45, 2.75) is 78.7 Å². The van der Waals surface area contributed by atoms with Crippen LogP contribution < -0.4 is 5.32 Å². The first-order valence-electron chi connectivity index (χ1n) is 8.15. The lowest BCUT2D eigenvalue weighted by Crippen LogP contribution is -2.39. The third-order valence-electron chi connectivity index (χ3n) is 4.82. The molecule has 0 bridgehead atoms. The zero-order chi connectivity index (χ0) is 14.3. The standard InChI is InChI=1S/C18H33N/c1-6-8-9-17(19-14-7-2)15-10-12-16(13-11-15)18(3,4)5/h1,15-17,19H,7-14H2,2-5H3. The lowest BCUT2D eigenvalue weighted by Gasteiger charge is -2.39. The molecule has 0 radical (unpaired) electrons. The Hall–Kier alpha value is -0.480. The molecule has 1 N–H and O–H groups in total. The monoisotopic (exact) mass is 263 g/mol. The molecule has 1 nitrogen and oxygen atoms in total. The summed E-state index contributed by atoms with van der Waals surface area (Å²) in [6, 6.07) is 0.650. The van der Waals surface area contributed by atoms with Crippen molar-refractivity contribution in [1.82, 2.24) is 5.32 Å². The van der Waals surface area contributed by atoms with E-state index in [0.29, 0.717) is 11.5 Å². The Morgan fingerprint density at radius 3 is 2.32 bits per heavy atom. The predicted molar refractivity (Wildman–Crippen MR) is 85.1 cm³/mol. The predicted octanol–water partition coefficient (Wildman–Crippen LogP) is 4.62. The van der Waals surface area contributed by atoms with Gasteiger partial charge in [-0.25, -0.2) is 0 Å².